The third-order valence-corrected chi connectivity index (χ3v) is 1.56. The van der Waals surface area contributed by atoms with Crippen LogP contribution in [0.1, 0.15) is 5.56 Å². The van der Waals surface area contributed by atoms with Crippen molar-refractivity contribution in [2.75, 3.05) is 0 Å². The highest BCUT2D eigenvalue weighted by atomic mass is 16.6. The van der Waals surface area contributed by atoms with Crippen molar-refractivity contribution in [1.29, 1.82) is 0 Å². The van der Waals surface area contributed by atoms with Gasteiger partial charge in [0.15, 0.2) is 0 Å². The number of hydrogen-bond donors (Lipinski definition) is 0. The van der Waals surface area contributed by atoms with Gasteiger partial charge in [0.25, 0.3) is 5.69 Å². The van der Waals surface area contributed by atoms with E-state index in [4.69, 9.17) is 5.53 Å². The summed E-state index contributed by atoms with van der Waals surface area (Å²) in [6.07, 6.45) is 0. The van der Waals surface area contributed by atoms with E-state index in [0.717, 1.165) is 0 Å². The quantitative estimate of drug-likeness (QED) is 0.229. The van der Waals surface area contributed by atoms with E-state index in [9.17, 15) is 10.1 Å². The molecule has 0 spiro atoms. The zero-order chi connectivity index (χ0) is 9.84. The van der Waals surface area contributed by atoms with Crippen LogP contribution < -0.4 is 0 Å². The van der Waals surface area contributed by atoms with Gasteiger partial charge in [-0.1, -0.05) is 17.2 Å². The van der Waals surface area contributed by atoms with E-state index in [1.165, 1.54) is 6.07 Å². The number of aryl methyl sites for hydroxylation is 1. The second-order valence-corrected chi connectivity index (χ2v) is 2.39. The standard InChI is InChI=1S/C7H6N4O2/c1-5-3-2-4-6(11(12)13)7(5)9-10-8/h2-4H,1H3. The van der Waals surface area contributed by atoms with Crippen LogP contribution in [0.4, 0.5) is 11.4 Å². The summed E-state index contributed by atoms with van der Waals surface area (Å²) in [7, 11) is 0. The Balaban J connectivity index is 3.42. The maximum absolute atomic E-state index is 10.5. The first-order chi connectivity index (χ1) is 6.16. The third-order valence-electron chi connectivity index (χ3n) is 1.56. The van der Waals surface area contributed by atoms with Crippen molar-refractivity contribution in [3.05, 3.63) is 44.3 Å². The second kappa shape index (κ2) is 3.55. The molecule has 1 aromatic rings. The van der Waals surface area contributed by atoms with Crippen molar-refractivity contribution in [2.24, 2.45) is 5.11 Å². The molecule has 0 saturated heterocycles. The van der Waals surface area contributed by atoms with Gasteiger partial charge >= 0.3 is 0 Å². The van der Waals surface area contributed by atoms with Gasteiger partial charge in [0.2, 0.25) is 0 Å². The molecule has 0 unspecified atom stereocenters. The second-order valence-electron chi connectivity index (χ2n) is 2.39. The fourth-order valence-electron chi connectivity index (χ4n) is 0.966. The molecule has 0 aliphatic carbocycles. The number of nitro groups is 1. The molecule has 0 fully saturated rings. The van der Waals surface area contributed by atoms with Crippen LogP contribution in [0.2, 0.25) is 0 Å². The van der Waals surface area contributed by atoms with Crippen molar-refractivity contribution in [2.45, 2.75) is 6.92 Å². The molecule has 0 N–H and O–H groups in total. The molecule has 0 aliphatic rings. The zero-order valence-electron chi connectivity index (χ0n) is 6.84. The largest absolute Gasteiger partial charge is 0.279 e. The molecule has 6 nitrogen and oxygen atoms in total. The van der Waals surface area contributed by atoms with Crippen molar-refractivity contribution >= 4 is 11.4 Å². The van der Waals surface area contributed by atoms with Crippen molar-refractivity contribution < 1.29 is 4.92 Å². The first-order valence-corrected chi connectivity index (χ1v) is 3.46. The number of nitrogens with zero attached hydrogens (tertiary/aromatic N) is 4. The Labute approximate surface area is 73.6 Å². The molecule has 0 aromatic heterocycles. The van der Waals surface area contributed by atoms with Gasteiger partial charge in [0, 0.05) is 11.0 Å². The number of rotatable bonds is 2. The molecule has 1 rings (SSSR count). The molecule has 1 aromatic carbocycles. The predicted molar refractivity (Wildman–Crippen MR) is 46.6 cm³/mol. The summed E-state index contributed by atoms with van der Waals surface area (Å²) in [4.78, 5) is 12.4. The average Bonchev–Trinajstić information content (AvgIpc) is 2.08. The molecule has 0 amide bonds. The highest BCUT2D eigenvalue weighted by molar-refractivity contribution is 5.61. The van der Waals surface area contributed by atoms with E-state index >= 15 is 0 Å². The smallest absolute Gasteiger partial charge is 0.258 e. The molecule has 6 heteroatoms. The third kappa shape index (κ3) is 1.74. The monoisotopic (exact) mass is 178 g/mol. The van der Waals surface area contributed by atoms with Gasteiger partial charge < -0.3 is 0 Å². The Morgan fingerprint density at radius 2 is 2.31 bits per heavy atom. The minimum absolute atomic E-state index is 0.0787. The minimum atomic E-state index is -0.572. The van der Waals surface area contributed by atoms with Gasteiger partial charge in [-0.05, 0) is 18.0 Å². The van der Waals surface area contributed by atoms with E-state index in [2.05, 4.69) is 10.0 Å². The number of nitro benzene ring substituents is 1. The minimum Gasteiger partial charge on any atom is -0.258 e. The maximum Gasteiger partial charge on any atom is 0.279 e. The van der Waals surface area contributed by atoms with Gasteiger partial charge in [0.05, 0.1) is 4.92 Å². The molecule has 0 atom stereocenters. The molecule has 66 valence electrons. The molecule has 0 heterocycles. The summed E-state index contributed by atoms with van der Waals surface area (Å²) >= 11 is 0. The number of hydrogen-bond acceptors (Lipinski definition) is 3. The zero-order valence-corrected chi connectivity index (χ0v) is 6.84. The Kier molecular flexibility index (Phi) is 2.47. The molecule has 0 radical (unpaired) electrons. The highest BCUT2D eigenvalue weighted by Gasteiger charge is 2.12. The van der Waals surface area contributed by atoms with Crippen molar-refractivity contribution in [3.8, 4) is 0 Å². The maximum atomic E-state index is 10.5. The van der Waals surface area contributed by atoms with E-state index in [0.29, 0.717) is 5.56 Å². The normalized spacial score (nSPS) is 9.00. The van der Waals surface area contributed by atoms with E-state index in [1.54, 1.807) is 19.1 Å². The Morgan fingerprint density at radius 3 is 2.85 bits per heavy atom. The van der Waals surface area contributed by atoms with Crippen LogP contribution in [0.25, 0.3) is 10.4 Å². The Bertz CT molecular complexity index is 395. The summed E-state index contributed by atoms with van der Waals surface area (Å²) in [6, 6.07) is 4.50. The summed E-state index contributed by atoms with van der Waals surface area (Å²) in [5, 5.41) is 13.7. The van der Waals surface area contributed by atoms with Gasteiger partial charge in [-0.2, -0.15) is 0 Å². The SMILES string of the molecule is Cc1cccc([N+](=O)[O-])c1N=[N+]=[N-]. The van der Waals surface area contributed by atoms with Crippen LogP contribution in [0.15, 0.2) is 23.3 Å². The summed E-state index contributed by atoms with van der Waals surface area (Å²) < 4.78 is 0. The Hall–Kier alpha value is -2.07. The van der Waals surface area contributed by atoms with Crippen molar-refractivity contribution in [1.82, 2.24) is 0 Å². The number of benzene rings is 1. The molecular weight excluding hydrogens is 172 g/mol. The topological polar surface area (TPSA) is 91.9 Å². The lowest BCUT2D eigenvalue weighted by Crippen LogP contribution is -1.89. The van der Waals surface area contributed by atoms with Crippen LogP contribution in [-0.4, -0.2) is 4.92 Å². The van der Waals surface area contributed by atoms with Crippen LogP contribution >= 0.6 is 0 Å². The predicted octanol–water partition coefficient (Wildman–Crippen LogP) is 2.85. The van der Waals surface area contributed by atoms with Crippen LogP contribution in [0.3, 0.4) is 0 Å². The van der Waals surface area contributed by atoms with Gasteiger partial charge in [-0.25, -0.2) is 0 Å². The average molecular weight is 178 g/mol. The number of azide groups is 1. The van der Waals surface area contributed by atoms with E-state index < -0.39 is 4.92 Å². The molecule has 0 bridgehead atoms. The fourth-order valence-corrected chi connectivity index (χ4v) is 0.966. The summed E-state index contributed by atoms with van der Waals surface area (Å²) in [5.74, 6) is 0. The van der Waals surface area contributed by atoms with Crippen LogP contribution in [-0.2, 0) is 0 Å². The lowest BCUT2D eigenvalue weighted by atomic mass is 10.2. The first-order valence-electron chi connectivity index (χ1n) is 3.46. The van der Waals surface area contributed by atoms with Gasteiger partial charge in [0.1, 0.15) is 5.69 Å². The Morgan fingerprint density at radius 1 is 1.62 bits per heavy atom. The lowest BCUT2D eigenvalue weighted by molar-refractivity contribution is -0.384. The van der Waals surface area contributed by atoms with Crippen molar-refractivity contribution in [3.63, 3.8) is 0 Å². The summed E-state index contributed by atoms with van der Waals surface area (Å²) in [6.45, 7) is 1.65. The highest BCUT2D eigenvalue weighted by Crippen LogP contribution is 2.30. The molecular formula is C7H6N4O2. The van der Waals surface area contributed by atoms with E-state index in [1.807, 2.05) is 0 Å². The van der Waals surface area contributed by atoms with Gasteiger partial charge in [-0.3, -0.25) is 10.1 Å². The van der Waals surface area contributed by atoms with E-state index in [-0.39, 0.29) is 11.4 Å². The molecule has 13 heavy (non-hydrogen) atoms. The van der Waals surface area contributed by atoms with Crippen LogP contribution in [0, 0.1) is 17.0 Å². The molecule has 0 aliphatic heterocycles. The molecule has 0 saturated carbocycles. The van der Waals surface area contributed by atoms with Crippen LogP contribution in [0.5, 0.6) is 0 Å². The van der Waals surface area contributed by atoms with Gasteiger partial charge in [-0.15, -0.1) is 0 Å². The first kappa shape index (κ1) is 9.02. The lowest BCUT2D eigenvalue weighted by Gasteiger charge is -1.98. The summed E-state index contributed by atoms with van der Waals surface area (Å²) in [5.41, 5.74) is 8.69. The fraction of sp³-hybridized carbons (Fsp3) is 0.143.